The summed E-state index contributed by atoms with van der Waals surface area (Å²) < 4.78 is 12.8. The molecule has 2 nitrogen and oxygen atoms in total. The molecule has 0 N–H and O–H groups in total. The van der Waals surface area contributed by atoms with Crippen molar-refractivity contribution in [3.8, 4) is 0 Å². The van der Waals surface area contributed by atoms with Crippen LogP contribution in [0.1, 0.15) is 24.0 Å². The number of hydrogen-bond donors (Lipinski definition) is 0. The van der Waals surface area contributed by atoms with Gasteiger partial charge in [-0.2, -0.15) is 0 Å². The lowest BCUT2D eigenvalue weighted by molar-refractivity contribution is 0.628. The second kappa shape index (κ2) is 6.08. The molecule has 0 bridgehead atoms. The molecule has 0 aliphatic carbocycles. The van der Waals surface area contributed by atoms with E-state index in [4.69, 9.17) is 0 Å². The number of hydrogen-bond acceptors (Lipinski definition) is 2. The van der Waals surface area contributed by atoms with Crippen LogP contribution in [-0.4, -0.2) is 19.3 Å². The summed E-state index contributed by atoms with van der Waals surface area (Å²) in [7, 11) is 0. The molecule has 1 fully saturated rings. The van der Waals surface area contributed by atoms with Crippen LogP contribution in [0.4, 0.5) is 15.8 Å². The predicted octanol–water partition coefficient (Wildman–Crippen LogP) is 4.48. The Morgan fingerprint density at radius 1 is 1.05 bits per heavy atom. The lowest BCUT2D eigenvalue weighted by atomic mass is 10.1. The minimum atomic E-state index is -0.236. The predicted molar refractivity (Wildman–Crippen MR) is 86.3 cm³/mol. The summed E-state index contributed by atoms with van der Waals surface area (Å²) in [5, 5.41) is 0. The van der Waals surface area contributed by atoms with Gasteiger partial charge >= 0.3 is 0 Å². The van der Waals surface area contributed by atoms with Crippen molar-refractivity contribution in [2.24, 2.45) is 4.99 Å². The third kappa shape index (κ3) is 3.30. The molecule has 1 saturated heterocycles. The van der Waals surface area contributed by atoms with E-state index in [2.05, 4.69) is 35.0 Å². The Labute approximate surface area is 124 Å². The molecule has 108 valence electrons. The van der Waals surface area contributed by atoms with E-state index < -0.39 is 0 Å². The average Bonchev–Trinajstić information content (AvgIpc) is 3.01. The van der Waals surface area contributed by atoms with E-state index >= 15 is 0 Å². The lowest BCUT2D eigenvalue weighted by Gasteiger charge is -2.20. The fraction of sp³-hybridized carbons (Fsp3) is 0.278. The average molecular weight is 282 g/mol. The summed E-state index contributed by atoms with van der Waals surface area (Å²) in [5.41, 5.74) is 4.43. The van der Waals surface area contributed by atoms with Gasteiger partial charge in [0.25, 0.3) is 0 Å². The molecule has 3 heteroatoms. The van der Waals surface area contributed by atoms with Crippen LogP contribution in [0.25, 0.3) is 0 Å². The molecule has 0 spiro atoms. The Kier molecular flexibility index (Phi) is 4.00. The number of aliphatic imine (C=N–C) groups is 1. The van der Waals surface area contributed by atoms with Gasteiger partial charge in [0.05, 0.1) is 5.69 Å². The Hall–Kier alpha value is -2.16. The second-order valence-electron chi connectivity index (χ2n) is 5.47. The number of benzene rings is 2. The zero-order valence-corrected chi connectivity index (χ0v) is 12.2. The number of rotatable bonds is 3. The monoisotopic (exact) mass is 282 g/mol. The minimum Gasteiger partial charge on any atom is -0.371 e. The Morgan fingerprint density at radius 3 is 2.43 bits per heavy atom. The maximum absolute atomic E-state index is 12.8. The van der Waals surface area contributed by atoms with Crippen molar-refractivity contribution in [2.75, 3.05) is 18.0 Å². The minimum absolute atomic E-state index is 0.236. The van der Waals surface area contributed by atoms with Crippen molar-refractivity contribution < 1.29 is 4.39 Å². The smallest absolute Gasteiger partial charge is 0.123 e. The maximum Gasteiger partial charge on any atom is 0.123 e. The third-order valence-corrected chi connectivity index (χ3v) is 3.86. The molecule has 1 aliphatic rings. The molecule has 0 atom stereocenters. The Balaban J connectivity index is 1.77. The van der Waals surface area contributed by atoms with Gasteiger partial charge in [0, 0.05) is 25.0 Å². The molecule has 1 heterocycles. The van der Waals surface area contributed by atoms with Gasteiger partial charge in [-0.15, -0.1) is 0 Å². The molecule has 2 aromatic carbocycles. The molecular formula is C18H19FN2. The molecule has 0 radical (unpaired) electrons. The first kappa shape index (κ1) is 13.8. The summed E-state index contributed by atoms with van der Waals surface area (Å²) in [6, 6.07) is 12.6. The van der Waals surface area contributed by atoms with Gasteiger partial charge in [0.1, 0.15) is 5.82 Å². The fourth-order valence-electron chi connectivity index (χ4n) is 2.75. The van der Waals surface area contributed by atoms with Crippen LogP contribution in [0.3, 0.4) is 0 Å². The van der Waals surface area contributed by atoms with Crippen molar-refractivity contribution in [1.82, 2.24) is 0 Å². The van der Waals surface area contributed by atoms with Gasteiger partial charge in [0.15, 0.2) is 0 Å². The van der Waals surface area contributed by atoms with Crippen LogP contribution in [0, 0.1) is 12.7 Å². The van der Waals surface area contributed by atoms with E-state index in [1.54, 1.807) is 12.1 Å². The van der Waals surface area contributed by atoms with Crippen molar-refractivity contribution >= 4 is 17.6 Å². The van der Waals surface area contributed by atoms with Crippen molar-refractivity contribution in [2.45, 2.75) is 19.8 Å². The van der Waals surface area contributed by atoms with E-state index in [0.717, 1.165) is 24.3 Å². The Bertz CT molecular complexity index is 641. The summed E-state index contributed by atoms with van der Waals surface area (Å²) in [6.45, 7) is 4.45. The topological polar surface area (TPSA) is 15.6 Å². The van der Waals surface area contributed by atoms with Crippen LogP contribution >= 0.6 is 0 Å². The van der Waals surface area contributed by atoms with Gasteiger partial charge in [-0.25, -0.2) is 4.39 Å². The molecule has 3 rings (SSSR count). The lowest BCUT2D eigenvalue weighted by Crippen LogP contribution is -2.18. The van der Waals surface area contributed by atoms with E-state index in [1.165, 1.54) is 36.2 Å². The summed E-state index contributed by atoms with van der Waals surface area (Å²) in [5.74, 6) is -0.236. The molecule has 0 unspecified atom stereocenters. The molecule has 21 heavy (non-hydrogen) atoms. The quantitative estimate of drug-likeness (QED) is 0.758. The molecule has 0 aromatic heterocycles. The van der Waals surface area contributed by atoms with Crippen molar-refractivity contribution in [3.63, 3.8) is 0 Å². The van der Waals surface area contributed by atoms with Gasteiger partial charge < -0.3 is 4.90 Å². The zero-order chi connectivity index (χ0) is 14.7. The van der Waals surface area contributed by atoms with Crippen LogP contribution in [0.5, 0.6) is 0 Å². The van der Waals surface area contributed by atoms with Crippen LogP contribution in [0.2, 0.25) is 0 Å². The maximum atomic E-state index is 12.8. The SMILES string of the molecule is Cc1cc(C=Nc2ccc(F)cc2)ccc1N1CCCC1. The van der Waals surface area contributed by atoms with Crippen molar-refractivity contribution in [1.29, 1.82) is 0 Å². The van der Waals surface area contributed by atoms with E-state index in [0.29, 0.717) is 0 Å². The largest absolute Gasteiger partial charge is 0.371 e. The van der Waals surface area contributed by atoms with E-state index in [9.17, 15) is 4.39 Å². The van der Waals surface area contributed by atoms with Gasteiger partial charge in [-0.05, 0) is 67.3 Å². The molecule has 1 aliphatic heterocycles. The normalized spacial score (nSPS) is 15.0. The van der Waals surface area contributed by atoms with Crippen LogP contribution in [0.15, 0.2) is 47.5 Å². The standard InChI is InChI=1S/C18H19FN2/c1-14-12-15(4-9-18(14)21-10-2-3-11-21)13-20-17-7-5-16(19)6-8-17/h4-9,12-13H,2-3,10-11H2,1H3. The number of nitrogens with zero attached hydrogens (tertiary/aromatic N) is 2. The highest BCUT2D eigenvalue weighted by Gasteiger charge is 2.13. The third-order valence-electron chi connectivity index (χ3n) is 3.86. The van der Waals surface area contributed by atoms with Gasteiger partial charge in [-0.3, -0.25) is 4.99 Å². The first-order valence-corrected chi connectivity index (χ1v) is 7.37. The second-order valence-corrected chi connectivity index (χ2v) is 5.47. The number of anilines is 1. The molecule has 2 aromatic rings. The zero-order valence-electron chi connectivity index (χ0n) is 12.2. The summed E-state index contributed by atoms with van der Waals surface area (Å²) >= 11 is 0. The van der Waals surface area contributed by atoms with Gasteiger partial charge in [0.2, 0.25) is 0 Å². The fourth-order valence-corrected chi connectivity index (χ4v) is 2.75. The molecule has 0 saturated carbocycles. The molecular weight excluding hydrogens is 263 g/mol. The van der Waals surface area contributed by atoms with Gasteiger partial charge in [-0.1, -0.05) is 6.07 Å². The summed E-state index contributed by atoms with van der Waals surface area (Å²) in [4.78, 5) is 6.82. The Morgan fingerprint density at radius 2 is 1.76 bits per heavy atom. The van der Waals surface area contributed by atoms with E-state index in [1.807, 2.05) is 6.21 Å². The first-order valence-electron chi connectivity index (χ1n) is 7.37. The van der Waals surface area contributed by atoms with E-state index in [-0.39, 0.29) is 5.82 Å². The number of aryl methyl sites for hydroxylation is 1. The highest BCUT2D eigenvalue weighted by molar-refractivity contribution is 5.83. The van der Waals surface area contributed by atoms with Crippen LogP contribution < -0.4 is 4.90 Å². The van der Waals surface area contributed by atoms with Crippen molar-refractivity contribution in [3.05, 3.63) is 59.4 Å². The highest BCUT2D eigenvalue weighted by atomic mass is 19.1. The number of halogens is 1. The first-order chi connectivity index (χ1) is 10.2. The van der Waals surface area contributed by atoms with Crippen LogP contribution in [-0.2, 0) is 0 Å². The summed E-state index contributed by atoms with van der Waals surface area (Å²) in [6.07, 6.45) is 4.40. The molecule has 0 amide bonds. The highest BCUT2D eigenvalue weighted by Crippen LogP contribution is 2.24.